The van der Waals surface area contributed by atoms with E-state index in [1.165, 1.54) is 66.0 Å². The van der Waals surface area contributed by atoms with Gasteiger partial charge >= 0.3 is 0 Å². The average molecular weight is 765 g/mol. The van der Waals surface area contributed by atoms with Crippen LogP contribution in [0, 0.1) is 0 Å². The van der Waals surface area contributed by atoms with Crippen molar-refractivity contribution in [2.24, 2.45) is 0 Å². The van der Waals surface area contributed by atoms with Gasteiger partial charge in [0.15, 0.2) is 0 Å². The third-order valence-corrected chi connectivity index (χ3v) is 11.8. The lowest BCUT2D eigenvalue weighted by atomic mass is 9.94. The molecular formula is C58H40N2. The minimum Gasteiger partial charge on any atom is -0.310 e. The van der Waals surface area contributed by atoms with Crippen LogP contribution in [-0.2, 0) is 0 Å². The Labute approximate surface area is 350 Å². The summed E-state index contributed by atoms with van der Waals surface area (Å²) in [6.07, 6.45) is 0. The van der Waals surface area contributed by atoms with Crippen molar-refractivity contribution in [3.05, 3.63) is 243 Å². The molecule has 0 fully saturated rings. The van der Waals surface area contributed by atoms with Crippen LogP contribution >= 0.6 is 0 Å². The highest BCUT2D eigenvalue weighted by Crippen LogP contribution is 2.44. The molecule has 2 heteroatoms. The summed E-state index contributed by atoms with van der Waals surface area (Å²) in [6.45, 7) is 0. The van der Waals surface area contributed by atoms with Gasteiger partial charge in [-0.25, -0.2) is 0 Å². The molecule has 11 rings (SSSR count). The van der Waals surface area contributed by atoms with Crippen LogP contribution in [0.4, 0.5) is 17.1 Å². The highest BCUT2D eigenvalue weighted by atomic mass is 15.1. The Bertz CT molecular complexity index is 3290. The van der Waals surface area contributed by atoms with Crippen LogP contribution in [0.2, 0.25) is 0 Å². The number of anilines is 3. The Morgan fingerprint density at radius 1 is 0.283 bits per heavy atom. The summed E-state index contributed by atoms with van der Waals surface area (Å²) in [5.41, 5.74) is 16.3. The molecule has 11 aromatic rings. The number of benzene rings is 10. The van der Waals surface area contributed by atoms with Crippen molar-refractivity contribution < 1.29 is 0 Å². The van der Waals surface area contributed by atoms with E-state index in [-0.39, 0.29) is 0 Å². The molecule has 10 aromatic carbocycles. The van der Waals surface area contributed by atoms with E-state index < -0.39 is 0 Å². The first-order chi connectivity index (χ1) is 29.8. The predicted octanol–water partition coefficient (Wildman–Crippen LogP) is 16.1. The normalized spacial score (nSPS) is 11.3. The Balaban J connectivity index is 1.12. The Morgan fingerprint density at radius 2 is 0.767 bits per heavy atom. The summed E-state index contributed by atoms with van der Waals surface area (Å²) in [7, 11) is 0. The number of aromatic nitrogens is 1. The van der Waals surface area contributed by atoms with Crippen molar-refractivity contribution >= 4 is 49.6 Å². The standard InChI is InChI=1S/C58H40N2/c1-4-16-41(17-5-1)43-32-34-44(35-33-43)47-23-13-27-50(39-47)59(49-26-12-22-46(38-49)42-18-6-2-7-19-42)51-36-37-55-57(40-51)60(48-24-8-3-9-25-48)56-31-15-30-54(58(55)56)53-29-14-21-45-20-10-11-28-52(45)53/h1-40H. The van der Waals surface area contributed by atoms with Gasteiger partial charge in [-0.1, -0.05) is 188 Å². The maximum atomic E-state index is 2.44. The van der Waals surface area contributed by atoms with Gasteiger partial charge in [-0.15, -0.1) is 0 Å². The monoisotopic (exact) mass is 764 g/mol. The van der Waals surface area contributed by atoms with Crippen molar-refractivity contribution in [3.63, 3.8) is 0 Å². The summed E-state index contributed by atoms with van der Waals surface area (Å²) >= 11 is 0. The molecule has 60 heavy (non-hydrogen) atoms. The largest absolute Gasteiger partial charge is 0.310 e. The van der Waals surface area contributed by atoms with E-state index in [0.29, 0.717) is 0 Å². The summed E-state index contributed by atoms with van der Waals surface area (Å²) in [4.78, 5) is 2.41. The van der Waals surface area contributed by atoms with Crippen LogP contribution < -0.4 is 4.90 Å². The topological polar surface area (TPSA) is 8.17 Å². The SMILES string of the molecule is c1ccc(-c2ccc(-c3cccc(N(c4cccc(-c5ccccc5)c4)c4ccc5c6c(-c7cccc8ccccc78)cccc6n(-c6ccccc6)c5c4)c3)cc2)cc1. The zero-order chi connectivity index (χ0) is 39.8. The molecule has 282 valence electrons. The maximum absolute atomic E-state index is 2.44. The fourth-order valence-corrected chi connectivity index (χ4v) is 8.95. The van der Waals surface area contributed by atoms with Crippen LogP contribution in [0.3, 0.4) is 0 Å². The van der Waals surface area contributed by atoms with Gasteiger partial charge in [0.25, 0.3) is 0 Å². The van der Waals surface area contributed by atoms with Crippen LogP contribution in [-0.4, -0.2) is 4.57 Å². The lowest BCUT2D eigenvalue weighted by Gasteiger charge is -2.27. The van der Waals surface area contributed by atoms with E-state index in [9.17, 15) is 0 Å². The number of rotatable bonds is 8. The van der Waals surface area contributed by atoms with Crippen LogP contribution in [0.5, 0.6) is 0 Å². The summed E-state index contributed by atoms with van der Waals surface area (Å²) in [6, 6.07) is 87.9. The smallest absolute Gasteiger partial charge is 0.0562 e. The first-order valence-electron chi connectivity index (χ1n) is 20.6. The second-order valence-electron chi connectivity index (χ2n) is 15.3. The molecule has 1 heterocycles. The van der Waals surface area contributed by atoms with Crippen molar-refractivity contribution in [1.29, 1.82) is 0 Å². The number of hydrogen-bond donors (Lipinski definition) is 0. The third-order valence-electron chi connectivity index (χ3n) is 11.8. The van der Waals surface area contributed by atoms with Gasteiger partial charge in [-0.3, -0.25) is 0 Å². The number of fused-ring (bicyclic) bond motifs is 4. The van der Waals surface area contributed by atoms with Gasteiger partial charge in [-0.05, 0) is 110 Å². The maximum Gasteiger partial charge on any atom is 0.0562 e. The van der Waals surface area contributed by atoms with E-state index in [4.69, 9.17) is 0 Å². The van der Waals surface area contributed by atoms with E-state index in [1.807, 2.05) is 0 Å². The minimum atomic E-state index is 1.08. The average Bonchev–Trinajstić information content (AvgIpc) is 3.66. The van der Waals surface area contributed by atoms with Gasteiger partial charge in [0.2, 0.25) is 0 Å². The van der Waals surface area contributed by atoms with Crippen molar-refractivity contribution in [2.45, 2.75) is 0 Å². The van der Waals surface area contributed by atoms with Gasteiger partial charge in [0.1, 0.15) is 0 Å². The molecule has 0 amide bonds. The van der Waals surface area contributed by atoms with Gasteiger partial charge < -0.3 is 9.47 Å². The molecule has 0 spiro atoms. The number of nitrogens with zero attached hydrogens (tertiary/aromatic N) is 2. The second kappa shape index (κ2) is 15.1. The molecule has 0 bridgehead atoms. The highest BCUT2D eigenvalue weighted by molar-refractivity contribution is 6.18. The van der Waals surface area contributed by atoms with E-state index >= 15 is 0 Å². The molecular weight excluding hydrogens is 725 g/mol. The van der Waals surface area contributed by atoms with E-state index in [1.54, 1.807) is 0 Å². The van der Waals surface area contributed by atoms with Crippen LogP contribution in [0.1, 0.15) is 0 Å². The molecule has 0 unspecified atom stereocenters. The molecule has 0 radical (unpaired) electrons. The van der Waals surface area contributed by atoms with Crippen LogP contribution in [0.15, 0.2) is 243 Å². The minimum absolute atomic E-state index is 1.08. The summed E-state index contributed by atoms with van der Waals surface area (Å²) < 4.78 is 2.44. The second-order valence-corrected chi connectivity index (χ2v) is 15.3. The Morgan fingerprint density at radius 3 is 1.45 bits per heavy atom. The first-order valence-corrected chi connectivity index (χ1v) is 20.6. The Kier molecular flexibility index (Phi) is 8.87. The summed E-state index contributed by atoms with van der Waals surface area (Å²) in [5, 5.41) is 4.96. The Hall–Kier alpha value is -7.94. The predicted molar refractivity (Wildman–Crippen MR) is 255 cm³/mol. The molecule has 0 aliphatic rings. The molecule has 2 nitrogen and oxygen atoms in total. The molecule has 1 aromatic heterocycles. The summed E-state index contributed by atoms with van der Waals surface area (Å²) in [5.74, 6) is 0. The van der Waals surface area contributed by atoms with E-state index in [0.717, 1.165) is 33.8 Å². The van der Waals surface area contributed by atoms with Gasteiger partial charge in [0.05, 0.1) is 11.0 Å². The van der Waals surface area contributed by atoms with E-state index in [2.05, 4.69) is 252 Å². The molecule has 0 N–H and O–H groups in total. The fraction of sp³-hybridized carbons (Fsp3) is 0. The van der Waals surface area contributed by atoms with Crippen LogP contribution in [0.25, 0.3) is 82.8 Å². The first kappa shape index (κ1) is 35.2. The van der Waals surface area contributed by atoms with Crippen molar-refractivity contribution in [1.82, 2.24) is 4.57 Å². The molecule has 0 aliphatic carbocycles. The molecule has 0 atom stereocenters. The van der Waals surface area contributed by atoms with Gasteiger partial charge in [0, 0.05) is 33.5 Å². The zero-order valence-corrected chi connectivity index (χ0v) is 33.0. The zero-order valence-electron chi connectivity index (χ0n) is 33.0. The van der Waals surface area contributed by atoms with Crippen molar-refractivity contribution in [2.75, 3.05) is 4.90 Å². The molecule has 0 saturated heterocycles. The molecule has 0 saturated carbocycles. The van der Waals surface area contributed by atoms with Gasteiger partial charge in [-0.2, -0.15) is 0 Å². The van der Waals surface area contributed by atoms with Crippen molar-refractivity contribution in [3.8, 4) is 50.2 Å². The third kappa shape index (κ3) is 6.32. The quantitative estimate of drug-likeness (QED) is 0.150. The number of para-hydroxylation sites is 1. The number of hydrogen-bond acceptors (Lipinski definition) is 1. The fourth-order valence-electron chi connectivity index (χ4n) is 8.95. The highest BCUT2D eigenvalue weighted by Gasteiger charge is 2.21. The lowest BCUT2D eigenvalue weighted by molar-refractivity contribution is 1.18. The lowest BCUT2D eigenvalue weighted by Crippen LogP contribution is -2.10. The molecule has 0 aliphatic heterocycles.